The largest absolute Gasteiger partial charge is 0.461 e. The number of carbonyl (C=O) groups is 2. The Hall–Kier alpha value is -1.32. The lowest BCUT2D eigenvalue weighted by Crippen LogP contribution is -2.46. The van der Waals surface area contributed by atoms with Crippen LogP contribution in [0.4, 0.5) is 0 Å². The Labute approximate surface area is 80.9 Å². The third-order valence-electron chi connectivity index (χ3n) is 3.54. The molecule has 0 amide bonds. The van der Waals surface area contributed by atoms with Gasteiger partial charge in [0.05, 0.1) is 6.42 Å². The van der Waals surface area contributed by atoms with Crippen molar-refractivity contribution in [1.82, 2.24) is 0 Å². The van der Waals surface area contributed by atoms with Gasteiger partial charge in [-0.3, -0.25) is 9.59 Å². The summed E-state index contributed by atoms with van der Waals surface area (Å²) < 4.78 is 10.3. The number of hydrogen-bond acceptors (Lipinski definition) is 4. The van der Waals surface area contributed by atoms with Crippen LogP contribution in [0.5, 0.6) is 0 Å². The van der Waals surface area contributed by atoms with Crippen LogP contribution < -0.4 is 0 Å². The van der Waals surface area contributed by atoms with Gasteiger partial charge in [-0.25, -0.2) is 0 Å². The van der Waals surface area contributed by atoms with Crippen LogP contribution in [0.3, 0.4) is 0 Å². The summed E-state index contributed by atoms with van der Waals surface area (Å²) in [6, 6.07) is 0. The van der Waals surface area contributed by atoms with Crippen LogP contribution in [0.25, 0.3) is 0 Å². The second-order valence-corrected chi connectivity index (χ2v) is 4.18. The highest BCUT2D eigenvalue weighted by molar-refractivity contribution is 5.90. The van der Waals surface area contributed by atoms with Gasteiger partial charge in [0.15, 0.2) is 5.60 Å². The van der Waals surface area contributed by atoms with Crippen molar-refractivity contribution in [3.05, 3.63) is 12.2 Å². The average Bonchev–Trinajstić information content (AvgIpc) is 2.60. The molecule has 1 aliphatic carbocycles. The lowest BCUT2D eigenvalue weighted by atomic mass is 9.67. The van der Waals surface area contributed by atoms with Crippen LogP contribution in [0, 0.1) is 5.41 Å². The fraction of sp³-hybridized carbons (Fsp3) is 0.600. The van der Waals surface area contributed by atoms with Crippen molar-refractivity contribution in [2.75, 3.05) is 6.61 Å². The van der Waals surface area contributed by atoms with Gasteiger partial charge in [-0.2, -0.15) is 0 Å². The minimum absolute atomic E-state index is 0.177. The number of ether oxygens (including phenoxy) is 2. The molecule has 2 saturated heterocycles. The van der Waals surface area contributed by atoms with E-state index in [9.17, 15) is 9.59 Å². The minimum Gasteiger partial charge on any atom is -0.461 e. The van der Waals surface area contributed by atoms with Gasteiger partial charge < -0.3 is 9.47 Å². The van der Waals surface area contributed by atoms with E-state index in [1.807, 2.05) is 12.2 Å². The molecule has 0 N–H and O–H groups in total. The molecule has 3 rings (SSSR count). The fourth-order valence-corrected chi connectivity index (χ4v) is 2.70. The van der Waals surface area contributed by atoms with Gasteiger partial charge in [0.2, 0.25) is 0 Å². The lowest BCUT2D eigenvalue weighted by molar-refractivity contribution is -0.152. The summed E-state index contributed by atoms with van der Waals surface area (Å²) in [4.78, 5) is 23.0. The van der Waals surface area contributed by atoms with Gasteiger partial charge in [0, 0.05) is 6.42 Å². The third-order valence-corrected chi connectivity index (χ3v) is 3.54. The van der Waals surface area contributed by atoms with Crippen LogP contribution in [0.2, 0.25) is 0 Å². The summed E-state index contributed by atoms with van der Waals surface area (Å²) >= 11 is 0. The summed E-state index contributed by atoms with van der Waals surface area (Å²) in [6.45, 7) is 0.224. The Bertz CT molecular complexity index is 359. The highest BCUT2D eigenvalue weighted by atomic mass is 16.6. The lowest BCUT2D eigenvalue weighted by Gasteiger charge is -2.34. The summed E-state index contributed by atoms with van der Waals surface area (Å²) in [7, 11) is 0. The zero-order chi connectivity index (χ0) is 9.81. The van der Waals surface area contributed by atoms with Gasteiger partial charge in [-0.1, -0.05) is 12.2 Å². The summed E-state index contributed by atoms with van der Waals surface area (Å²) in [5.74, 6) is -0.543. The summed E-state index contributed by atoms with van der Waals surface area (Å²) in [6.07, 6.45) is 5.24. The SMILES string of the molecule is O=C1CC23CC=CCC2(COC3=O)O1. The zero-order valence-corrected chi connectivity index (χ0v) is 7.62. The van der Waals surface area contributed by atoms with Crippen LogP contribution >= 0.6 is 0 Å². The molecule has 2 atom stereocenters. The van der Waals surface area contributed by atoms with Crippen molar-refractivity contribution in [2.45, 2.75) is 24.9 Å². The first-order valence-electron chi connectivity index (χ1n) is 4.73. The van der Waals surface area contributed by atoms with E-state index in [2.05, 4.69) is 0 Å². The highest BCUT2D eigenvalue weighted by Crippen LogP contribution is 2.56. The Kier molecular flexibility index (Phi) is 1.25. The maximum atomic E-state index is 11.7. The Balaban J connectivity index is 2.16. The zero-order valence-electron chi connectivity index (χ0n) is 7.62. The monoisotopic (exact) mass is 194 g/mol. The molecule has 2 fully saturated rings. The smallest absolute Gasteiger partial charge is 0.317 e. The molecule has 0 spiro atoms. The molecule has 0 aromatic heterocycles. The van der Waals surface area contributed by atoms with Crippen LogP contribution in [0.15, 0.2) is 12.2 Å². The van der Waals surface area contributed by atoms with E-state index in [-0.39, 0.29) is 25.0 Å². The van der Waals surface area contributed by atoms with Crippen molar-refractivity contribution < 1.29 is 19.1 Å². The van der Waals surface area contributed by atoms with Crippen molar-refractivity contribution >= 4 is 11.9 Å². The second kappa shape index (κ2) is 2.19. The minimum atomic E-state index is -0.709. The van der Waals surface area contributed by atoms with E-state index in [1.165, 1.54) is 0 Å². The predicted octanol–water partition coefficient (Wildman–Crippen LogP) is 0.565. The molecule has 0 radical (unpaired) electrons. The van der Waals surface area contributed by atoms with Gasteiger partial charge in [0.1, 0.15) is 12.0 Å². The number of allylic oxidation sites excluding steroid dienone is 1. The fourth-order valence-electron chi connectivity index (χ4n) is 2.70. The quantitative estimate of drug-likeness (QED) is 0.417. The first-order valence-corrected chi connectivity index (χ1v) is 4.73. The molecule has 14 heavy (non-hydrogen) atoms. The first kappa shape index (κ1) is 8.03. The maximum absolute atomic E-state index is 11.7. The molecule has 74 valence electrons. The Morgan fingerprint density at radius 3 is 2.79 bits per heavy atom. The predicted molar refractivity (Wildman–Crippen MR) is 45.2 cm³/mol. The molecule has 4 nitrogen and oxygen atoms in total. The van der Waals surface area contributed by atoms with E-state index in [1.54, 1.807) is 0 Å². The molecule has 0 saturated carbocycles. The van der Waals surface area contributed by atoms with E-state index in [0.29, 0.717) is 12.8 Å². The molecule has 0 aromatic rings. The van der Waals surface area contributed by atoms with E-state index in [0.717, 1.165) is 0 Å². The van der Waals surface area contributed by atoms with Crippen molar-refractivity contribution in [1.29, 1.82) is 0 Å². The topological polar surface area (TPSA) is 52.6 Å². The molecule has 4 heteroatoms. The molecule has 3 aliphatic rings. The number of hydrogen-bond donors (Lipinski definition) is 0. The maximum Gasteiger partial charge on any atom is 0.317 e. The van der Waals surface area contributed by atoms with Crippen molar-refractivity contribution in [2.24, 2.45) is 5.41 Å². The molecular formula is C10H10O4. The highest BCUT2D eigenvalue weighted by Gasteiger charge is 2.70. The molecule has 2 aliphatic heterocycles. The Morgan fingerprint density at radius 2 is 2.00 bits per heavy atom. The van der Waals surface area contributed by atoms with Gasteiger partial charge >= 0.3 is 11.9 Å². The molecule has 2 unspecified atom stereocenters. The normalized spacial score (nSPS) is 44.3. The Morgan fingerprint density at radius 1 is 1.21 bits per heavy atom. The summed E-state index contributed by atoms with van der Waals surface area (Å²) in [5, 5.41) is 0. The van der Waals surface area contributed by atoms with Crippen LogP contribution in [-0.4, -0.2) is 24.1 Å². The number of carbonyl (C=O) groups excluding carboxylic acids is 2. The van der Waals surface area contributed by atoms with Gasteiger partial charge in [0.25, 0.3) is 0 Å². The van der Waals surface area contributed by atoms with Gasteiger partial charge in [-0.05, 0) is 6.42 Å². The molecule has 0 bridgehead atoms. The van der Waals surface area contributed by atoms with Crippen LogP contribution in [-0.2, 0) is 19.1 Å². The summed E-state index contributed by atoms with van der Waals surface area (Å²) in [5.41, 5.74) is -1.39. The van der Waals surface area contributed by atoms with E-state index in [4.69, 9.17) is 9.47 Å². The number of cyclic esters (lactones) is 1. The number of rotatable bonds is 0. The van der Waals surface area contributed by atoms with Crippen molar-refractivity contribution in [3.8, 4) is 0 Å². The molecule has 0 aromatic carbocycles. The third kappa shape index (κ3) is 0.669. The van der Waals surface area contributed by atoms with E-state index < -0.39 is 11.0 Å². The van der Waals surface area contributed by atoms with E-state index >= 15 is 0 Å². The first-order chi connectivity index (χ1) is 6.69. The van der Waals surface area contributed by atoms with Gasteiger partial charge in [-0.15, -0.1) is 0 Å². The standard InChI is InChI=1S/C10H10O4/c11-7-5-9-3-1-2-4-10(9,14-7)6-13-8(9)12/h1-2H,3-6H2. The average molecular weight is 194 g/mol. The van der Waals surface area contributed by atoms with Crippen molar-refractivity contribution in [3.63, 3.8) is 0 Å². The van der Waals surface area contributed by atoms with Crippen LogP contribution in [0.1, 0.15) is 19.3 Å². The number of esters is 2. The second-order valence-electron chi connectivity index (χ2n) is 4.18. The molecule has 2 heterocycles. The molecular weight excluding hydrogens is 184 g/mol.